The highest BCUT2D eigenvalue weighted by atomic mass is 16.5. The fraction of sp³-hybridized carbons (Fsp3) is 0.471. The summed E-state index contributed by atoms with van der Waals surface area (Å²) >= 11 is 0. The van der Waals surface area contributed by atoms with Crippen molar-refractivity contribution in [3.8, 4) is 11.5 Å². The van der Waals surface area contributed by atoms with Crippen LogP contribution in [0.1, 0.15) is 12.0 Å². The van der Waals surface area contributed by atoms with Gasteiger partial charge in [-0.05, 0) is 18.6 Å². The Labute approximate surface area is 136 Å². The van der Waals surface area contributed by atoms with E-state index in [0.717, 1.165) is 17.1 Å². The maximum atomic E-state index is 11.6. The van der Waals surface area contributed by atoms with Gasteiger partial charge in [0.15, 0.2) is 0 Å². The van der Waals surface area contributed by atoms with Crippen molar-refractivity contribution < 1.29 is 24.1 Å². The van der Waals surface area contributed by atoms with Crippen LogP contribution in [-0.2, 0) is 9.53 Å². The van der Waals surface area contributed by atoms with Crippen molar-refractivity contribution in [3.05, 3.63) is 35.1 Å². The molecule has 1 aliphatic heterocycles. The number of aryl methyl sites for hydroxylation is 1. The standard InChI is InChI=1S/C17H23NO5/c1-12-4-5-13(21-2)10-16(12)23-9-8-18-7-6-15(19)14(11-18)17(20)22-3/h4-5,10,19H,6-9,11H2,1-3H3. The number of hydrogen-bond acceptors (Lipinski definition) is 6. The largest absolute Gasteiger partial charge is 0.512 e. The minimum Gasteiger partial charge on any atom is -0.512 e. The summed E-state index contributed by atoms with van der Waals surface area (Å²) in [6.45, 7) is 4.19. The van der Waals surface area contributed by atoms with Crippen LogP contribution < -0.4 is 9.47 Å². The molecule has 6 nitrogen and oxygen atoms in total. The summed E-state index contributed by atoms with van der Waals surface area (Å²) in [5, 5.41) is 9.79. The fourth-order valence-corrected chi connectivity index (χ4v) is 2.45. The van der Waals surface area contributed by atoms with Gasteiger partial charge in [-0.1, -0.05) is 6.07 Å². The molecular formula is C17H23NO5. The molecule has 0 spiro atoms. The number of aliphatic hydroxyl groups excluding tert-OH is 1. The van der Waals surface area contributed by atoms with Crippen LogP contribution in [-0.4, -0.2) is 56.4 Å². The highest BCUT2D eigenvalue weighted by Gasteiger charge is 2.24. The molecule has 23 heavy (non-hydrogen) atoms. The number of carbonyl (C=O) groups excluding carboxylic acids is 1. The second-order valence-electron chi connectivity index (χ2n) is 5.42. The van der Waals surface area contributed by atoms with Crippen LogP contribution in [0.15, 0.2) is 29.5 Å². The van der Waals surface area contributed by atoms with E-state index in [1.54, 1.807) is 7.11 Å². The first-order valence-electron chi connectivity index (χ1n) is 7.54. The van der Waals surface area contributed by atoms with Crippen molar-refractivity contribution in [2.24, 2.45) is 0 Å². The first kappa shape index (κ1) is 17.1. The number of carbonyl (C=O) groups is 1. The molecule has 0 fully saturated rings. The average molecular weight is 321 g/mol. The number of esters is 1. The zero-order chi connectivity index (χ0) is 16.8. The van der Waals surface area contributed by atoms with Crippen molar-refractivity contribution in [1.29, 1.82) is 0 Å². The number of nitrogens with zero attached hydrogens (tertiary/aromatic N) is 1. The van der Waals surface area contributed by atoms with Crippen molar-refractivity contribution in [3.63, 3.8) is 0 Å². The van der Waals surface area contributed by atoms with E-state index < -0.39 is 5.97 Å². The van der Waals surface area contributed by atoms with Crippen LogP contribution in [0, 0.1) is 6.92 Å². The van der Waals surface area contributed by atoms with E-state index in [-0.39, 0.29) is 5.76 Å². The van der Waals surface area contributed by atoms with Crippen molar-refractivity contribution in [2.75, 3.05) is 40.5 Å². The Balaban J connectivity index is 1.89. The van der Waals surface area contributed by atoms with E-state index in [2.05, 4.69) is 4.90 Å². The molecule has 0 saturated carbocycles. The maximum Gasteiger partial charge on any atom is 0.338 e. The number of hydrogen-bond donors (Lipinski definition) is 1. The quantitative estimate of drug-likeness (QED) is 0.809. The van der Waals surface area contributed by atoms with Gasteiger partial charge in [0.05, 0.1) is 19.8 Å². The number of methoxy groups -OCH3 is 2. The van der Waals surface area contributed by atoms with Crippen LogP contribution in [0.25, 0.3) is 0 Å². The molecule has 0 amide bonds. The highest BCUT2D eigenvalue weighted by molar-refractivity contribution is 5.89. The first-order chi connectivity index (χ1) is 11.0. The molecule has 6 heteroatoms. The molecule has 1 aromatic rings. The minimum absolute atomic E-state index is 0.123. The Hall–Kier alpha value is -2.21. The number of rotatable bonds is 6. The Bertz CT molecular complexity index is 597. The number of benzene rings is 1. The Morgan fingerprint density at radius 2 is 2.13 bits per heavy atom. The summed E-state index contributed by atoms with van der Waals surface area (Å²) in [4.78, 5) is 13.7. The molecule has 0 unspecified atom stereocenters. The highest BCUT2D eigenvalue weighted by Crippen LogP contribution is 2.24. The lowest BCUT2D eigenvalue weighted by Gasteiger charge is -2.27. The molecule has 0 atom stereocenters. The third-order valence-corrected chi connectivity index (χ3v) is 3.89. The molecule has 126 valence electrons. The summed E-state index contributed by atoms with van der Waals surface area (Å²) in [6, 6.07) is 5.70. The second-order valence-corrected chi connectivity index (χ2v) is 5.42. The van der Waals surface area contributed by atoms with Gasteiger partial charge in [0, 0.05) is 32.1 Å². The number of ether oxygens (including phenoxy) is 3. The van der Waals surface area contributed by atoms with Crippen LogP contribution in [0.5, 0.6) is 11.5 Å². The summed E-state index contributed by atoms with van der Waals surface area (Å²) in [5.74, 6) is 1.19. The zero-order valence-electron chi connectivity index (χ0n) is 13.8. The zero-order valence-corrected chi connectivity index (χ0v) is 13.8. The van der Waals surface area contributed by atoms with Gasteiger partial charge in [0.1, 0.15) is 23.9 Å². The van der Waals surface area contributed by atoms with E-state index in [9.17, 15) is 9.90 Å². The van der Waals surface area contributed by atoms with Crippen LogP contribution in [0.3, 0.4) is 0 Å². The Morgan fingerprint density at radius 1 is 1.35 bits per heavy atom. The van der Waals surface area contributed by atoms with E-state index in [1.807, 2.05) is 25.1 Å². The van der Waals surface area contributed by atoms with Gasteiger partial charge in [0.2, 0.25) is 0 Å². The topological polar surface area (TPSA) is 68.2 Å². The van der Waals surface area contributed by atoms with Crippen molar-refractivity contribution in [1.82, 2.24) is 4.90 Å². The van der Waals surface area contributed by atoms with E-state index in [1.165, 1.54) is 7.11 Å². The molecular weight excluding hydrogens is 298 g/mol. The van der Waals surface area contributed by atoms with Gasteiger partial charge in [-0.15, -0.1) is 0 Å². The molecule has 1 aliphatic rings. The molecule has 0 bridgehead atoms. The molecule has 0 radical (unpaired) electrons. The summed E-state index contributed by atoms with van der Waals surface area (Å²) in [7, 11) is 2.94. The third-order valence-electron chi connectivity index (χ3n) is 3.89. The lowest BCUT2D eigenvalue weighted by atomic mass is 10.1. The summed E-state index contributed by atoms with van der Waals surface area (Å²) in [5.41, 5.74) is 1.37. The third kappa shape index (κ3) is 4.39. The second kappa shape index (κ2) is 7.87. The molecule has 0 aromatic heterocycles. The fourth-order valence-electron chi connectivity index (χ4n) is 2.45. The number of aliphatic hydroxyl groups is 1. The SMILES string of the molecule is COC(=O)C1=C(O)CCN(CCOc2cc(OC)ccc2C)C1. The molecule has 1 N–H and O–H groups in total. The minimum atomic E-state index is -0.475. The van der Waals surface area contributed by atoms with E-state index in [0.29, 0.717) is 38.2 Å². The lowest BCUT2D eigenvalue weighted by Crippen LogP contribution is -2.37. The van der Waals surface area contributed by atoms with E-state index in [4.69, 9.17) is 14.2 Å². The van der Waals surface area contributed by atoms with Gasteiger partial charge in [0.25, 0.3) is 0 Å². The molecule has 0 saturated heterocycles. The first-order valence-corrected chi connectivity index (χ1v) is 7.54. The monoisotopic (exact) mass is 321 g/mol. The smallest absolute Gasteiger partial charge is 0.338 e. The average Bonchev–Trinajstić information content (AvgIpc) is 2.57. The molecule has 2 rings (SSSR count). The van der Waals surface area contributed by atoms with Crippen LogP contribution >= 0.6 is 0 Å². The van der Waals surface area contributed by atoms with Crippen LogP contribution in [0.2, 0.25) is 0 Å². The molecule has 0 aliphatic carbocycles. The normalized spacial score (nSPS) is 15.4. The molecule has 1 heterocycles. The van der Waals surface area contributed by atoms with Gasteiger partial charge in [-0.3, -0.25) is 4.90 Å². The lowest BCUT2D eigenvalue weighted by molar-refractivity contribution is -0.136. The van der Waals surface area contributed by atoms with E-state index >= 15 is 0 Å². The Kier molecular flexibility index (Phi) is 5.87. The molecule has 1 aromatic carbocycles. The van der Waals surface area contributed by atoms with Gasteiger partial charge < -0.3 is 19.3 Å². The van der Waals surface area contributed by atoms with Crippen molar-refractivity contribution in [2.45, 2.75) is 13.3 Å². The van der Waals surface area contributed by atoms with Gasteiger partial charge in [-0.25, -0.2) is 4.79 Å². The predicted octanol–water partition coefficient (Wildman–Crippen LogP) is 2.07. The summed E-state index contributed by atoms with van der Waals surface area (Å²) < 4.78 is 15.7. The van der Waals surface area contributed by atoms with Gasteiger partial charge in [-0.2, -0.15) is 0 Å². The summed E-state index contributed by atoms with van der Waals surface area (Å²) in [6.07, 6.45) is 0.447. The van der Waals surface area contributed by atoms with Crippen molar-refractivity contribution >= 4 is 5.97 Å². The Morgan fingerprint density at radius 3 is 2.83 bits per heavy atom. The van der Waals surface area contributed by atoms with Gasteiger partial charge >= 0.3 is 5.97 Å². The van der Waals surface area contributed by atoms with Crippen LogP contribution in [0.4, 0.5) is 0 Å². The predicted molar refractivity (Wildman–Crippen MR) is 86.0 cm³/mol. The maximum absolute atomic E-state index is 11.6.